The number of amides is 1. The van der Waals surface area contributed by atoms with E-state index in [1.807, 2.05) is 46.7 Å². The van der Waals surface area contributed by atoms with Crippen molar-refractivity contribution in [3.05, 3.63) is 80.8 Å². The van der Waals surface area contributed by atoms with E-state index in [2.05, 4.69) is 27.4 Å². The van der Waals surface area contributed by atoms with Gasteiger partial charge in [-0.1, -0.05) is 34.1 Å². The molecular formula is C19H18BrNO2S. The number of rotatable bonds is 7. The van der Waals surface area contributed by atoms with Crippen molar-refractivity contribution in [2.75, 3.05) is 0 Å². The van der Waals surface area contributed by atoms with Crippen LogP contribution in [0.2, 0.25) is 0 Å². The molecule has 0 bridgehead atoms. The first-order valence-electron chi connectivity index (χ1n) is 7.77. The number of benzene rings is 1. The van der Waals surface area contributed by atoms with E-state index in [1.165, 1.54) is 0 Å². The second-order valence-corrected chi connectivity index (χ2v) is 7.19. The van der Waals surface area contributed by atoms with Crippen LogP contribution in [0.15, 0.2) is 68.4 Å². The van der Waals surface area contributed by atoms with Crippen LogP contribution in [0.3, 0.4) is 0 Å². The summed E-state index contributed by atoms with van der Waals surface area (Å²) < 4.78 is 6.47. The number of thiophene rings is 1. The van der Waals surface area contributed by atoms with E-state index in [0.29, 0.717) is 19.5 Å². The van der Waals surface area contributed by atoms with E-state index >= 15 is 0 Å². The lowest BCUT2D eigenvalue weighted by Gasteiger charge is -2.21. The molecule has 0 spiro atoms. The number of aryl methyl sites for hydroxylation is 1. The second kappa shape index (κ2) is 8.31. The summed E-state index contributed by atoms with van der Waals surface area (Å²) in [6.45, 7) is 1.11. The largest absolute Gasteiger partial charge is 0.467 e. The molecule has 2 aromatic heterocycles. The molecule has 0 aliphatic heterocycles. The predicted octanol–water partition coefficient (Wildman–Crippen LogP) is 5.27. The van der Waals surface area contributed by atoms with Crippen LogP contribution < -0.4 is 0 Å². The lowest BCUT2D eigenvalue weighted by Crippen LogP contribution is -2.30. The van der Waals surface area contributed by atoms with Crippen molar-refractivity contribution < 1.29 is 9.21 Å². The number of nitrogens with zero attached hydrogens (tertiary/aromatic N) is 1. The summed E-state index contributed by atoms with van der Waals surface area (Å²) in [6, 6.07) is 13.8. The molecule has 2 heterocycles. The number of hydrogen-bond acceptors (Lipinski definition) is 3. The number of hydrogen-bond donors (Lipinski definition) is 0. The molecule has 3 aromatic rings. The van der Waals surface area contributed by atoms with Crippen LogP contribution in [-0.2, 0) is 24.3 Å². The fourth-order valence-electron chi connectivity index (χ4n) is 2.53. The Labute approximate surface area is 154 Å². The van der Waals surface area contributed by atoms with Crippen LogP contribution in [0, 0.1) is 0 Å². The highest BCUT2D eigenvalue weighted by atomic mass is 79.9. The Balaban J connectivity index is 1.67. The van der Waals surface area contributed by atoms with Crippen molar-refractivity contribution in [2.24, 2.45) is 0 Å². The molecule has 0 atom stereocenters. The van der Waals surface area contributed by atoms with Crippen LogP contribution in [-0.4, -0.2) is 10.8 Å². The molecule has 0 aliphatic carbocycles. The minimum absolute atomic E-state index is 0.133. The zero-order valence-electron chi connectivity index (χ0n) is 13.2. The molecule has 3 rings (SSSR count). The summed E-state index contributed by atoms with van der Waals surface area (Å²) >= 11 is 5.19. The third-order valence-electron chi connectivity index (χ3n) is 3.80. The topological polar surface area (TPSA) is 33.5 Å². The van der Waals surface area contributed by atoms with Crippen molar-refractivity contribution in [3.63, 3.8) is 0 Å². The van der Waals surface area contributed by atoms with Gasteiger partial charge in [0.15, 0.2) is 0 Å². The number of carbonyl (C=O) groups excluding carboxylic acids is 1. The maximum Gasteiger partial charge on any atom is 0.223 e. The molecule has 0 saturated heterocycles. The minimum atomic E-state index is 0.133. The zero-order valence-corrected chi connectivity index (χ0v) is 15.6. The zero-order chi connectivity index (χ0) is 16.8. The monoisotopic (exact) mass is 403 g/mol. The third kappa shape index (κ3) is 4.58. The fourth-order valence-corrected chi connectivity index (χ4v) is 3.67. The molecule has 0 aliphatic rings. The maximum atomic E-state index is 12.8. The Morgan fingerprint density at radius 2 is 2.00 bits per heavy atom. The van der Waals surface area contributed by atoms with Gasteiger partial charge >= 0.3 is 0 Å². The van der Waals surface area contributed by atoms with Gasteiger partial charge in [0.25, 0.3) is 0 Å². The second-order valence-electron chi connectivity index (χ2n) is 5.55. The normalized spacial score (nSPS) is 10.7. The van der Waals surface area contributed by atoms with Crippen LogP contribution in [0.5, 0.6) is 0 Å². The van der Waals surface area contributed by atoms with Crippen molar-refractivity contribution >= 4 is 33.2 Å². The molecule has 5 heteroatoms. The van der Waals surface area contributed by atoms with Gasteiger partial charge in [0.2, 0.25) is 5.91 Å². The molecule has 3 nitrogen and oxygen atoms in total. The van der Waals surface area contributed by atoms with Crippen LogP contribution in [0.25, 0.3) is 0 Å². The van der Waals surface area contributed by atoms with E-state index in [0.717, 1.165) is 27.8 Å². The van der Waals surface area contributed by atoms with Gasteiger partial charge in [0, 0.05) is 17.4 Å². The molecule has 24 heavy (non-hydrogen) atoms. The molecular weight excluding hydrogens is 386 g/mol. The first-order valence-corrected chi connectivity index (χ1v) is 9.50. The van der Waals surface area contributed by atoms with Crippen molar-refractivity contribution in [2.45, 2.75) is 25.9 Å². The number of carbonyl (C=O) groups is 1. The minimum Gasteiger partial charge on any atom is -0.467 e. The highest BCUT2D eigenvalue weighted by Crippen LogP contribution is 2.19. The summed E-state index contributed by atoms with van der Waals surface area (Å²) in [4.78, 5) is 14.6. The predicted molar refractivity (Wildman–Crippen MR) is 99.7 cm³/mol. The summed E-state index contributed by atoms with van der Waals surface area (Å²) in [5.41, 5.74) is 2.31. The first kappa shape index (κ1) is 17.0. The molecule has 0 unspecified atom stereocenters. The van der Waals surface area contributed by atoms with E-state index < -0.39 is 0 Å². The van der Waals surface area contributed by atoms with Gasteiger partial charge in [-0.25, -0.2) is 0 Å². The molecule has 0 saturated carbocycles. The molecule has 124 valence electrons. The van der Waals surface area contributed by atoms with Crippen molar-refractivity contribution in [1.82, 2.24) is 4.90 Å². The average Bonchev–Trinajstić information content (AvgIpc) is 3.27. The number of furan rings is 1. The summed E-state index contributed by atoms with van der Waals surface area (Å²) in [7, 11) is 0. The molecule has 0 fully saturated rings. The Morgan fingerprint density at radius 1 is 1.12 bits per heavy atom. The molecule has 0 radical (unpaired) electrons. The molecule has 0 N–H and O–H groups in total. The van der Waals surface area contributed by atoms with Gasteiger partial charge < -0.3 is 9.32 Å². The van der Waals surface area contributed by atoms with Gasteiger partial charge in [-0.15, -0.1) is 0 Å². The highest BCUT2D eigenvalue weighted by molar-refractivity contribution is 9.10. The van der Waals surface area contributed by atoms with Crippen LogP contribution >= 0.6 is 27.3 Å². The van der Waals surface area contributed by atoms with Gasteiger partial charge in [-0.05, 0) is 52.6 Å². The third-order valence-corrected chi connectivity index (χ3v) is 5.30. The van der Waals surface area contributed by atoms with Gasteiger partial charge in [-0.3, -0.25) is 4.79 Å². The van der Waals surface area contributed by atoms with E-state index in [9.17, 15) is 4.79 Å². The maximum absolute atomic E-state index is 12.8. The lowest BCUT2D eigenvalue weighted by atomic mass is 10.1. The van der Waals surface area contributed by atoms with Gasteiger partial charge in [0.05, 0.1) is 12.8 Å². The summed E-state index contributed by atoms with van der Waals surface area (Å²) in [5.74, 6) is 0.938. The first-order chi connectivity index (χ1) is 11.7. The Bertz CT molecular complexity index is 732. The van der Waals surface area contributed by atoms with Gasteiger partial charge in [0.1, 0.15) is 5.76 Å². The quantitative estimate of drug-likeness (QED) is 0.538. The van der Waals surface area contributed by atoms with Crippen molar-refractivity contribution in [1.29, 1.82) is 0 Å². The Morgan fingerprint density at radius 3 is 2.71 bits per heavy atom. The standard InChI is InChI=1S/C19H18BrNO2S/c20-18-6-2-1-4-16(18)7-8-19(22)21(12-15-9-11-24-14-15)13-17-5-3-10-23-17/h1-6,9-11,14H,7-8,12-13H2. The lowest BCUT2D eigenvalue weighted by molar-refractivity contribution is -0.132. The summed E-state index contributed by atoms with van der Waals surface area (Å²) in [5, 5.41) is 4.11. The van der Waals surface area contributed by atoms with E-state index in [1.54, 1.807) is 17.6 Å². The van der Waals surface area contributed by atoms with Crippen molar-refractivity contribution in [3.8, 4) is 0 Å². The van der Waals surface area contributed by atoms with Crippen LogP contribution in [0.1, 0.15) is 23.3 Å². The van der Waals surface area contributed by atoms with Gasteiger partial charge in [-0.2, -0.15) is 11.3 Å². The van der Waals surface area contributed by atoms with Crippen LogP contribution in [0.4, 0.5) is 0 Å². The smallest absolute Gasteiger partial charge is 0.223 e. The Kier molecular flexibility index (Phi) is 5.88. The number of halogens is 1. The highest BCUT2D eigenvalue weighted by Gasteiger charge is 2.16. The van der Waals surface area contributed by atoms with E-state index in [4.69, 9.17) is 4.42 Å². The molecule has 1 amide bonds. The SMILES string of the molecule is O=C(CCc1ccccc1Br)N(Cc1ccsc1)Cc1ccco1. The summed E-state index contributed by atoms with van der Waals surface area (Å²) in [6.07, 6.45) is 2.84. The average molecular weight is 404 g/mol. The fraction of sp³-hybridized carbons (Fsp3) is 0.211. The Hall–Kier alpha value is -1.85. The van der Waals surface area contributed by atoms with E-state index in [-0.39, 0.29) is 5.91 Å². The molecule has 1 aromatic carbocycles.